The fourth-order valence-electron chi connectivity index (χ4n) is 2.34. The van der Waals surface area contributed by atoms with E-state index >= 15 is 0 Å². The number of ether oxygens (including phenoxy) is 1. The minimum atomic E-state index is -4.45. The average Bonchev–Trinajstić information content (AvgIpc) is 2.97. The Morgan fingerprint density at radius 1 is 1.25 bits per heavy atom. The maximum Gasteiger partial charge on any atom is 0.417 e. The van der Waals surface area contributed by atoms with Gasteiger partial charge >= 0.3 is 6.18 Å². The van der Waals surface area contributed by atoms with Crippen LogP contribution in [0.4, 0.5) is 22.0 Å². The van der Waals surface area contributed by atoms with Gasteiger partial charge in [-0.15, -0.1) is 5.10 Å². The molecule has 0 aromatic carbocycles. The Morgan fingerprint density at radius 3 is 2.62 bits per heavy atom. The van der Waals surface area contributed by atoms with Crippen LogP contribution in [-0.4, -0.2) is 38.6 Å². The number of aromatic nitrogens is 4. The summed E-state index contributed by atoms with van der Waals surface area (Å²) in [7, 11) is 0. The number of hydrogen-bond donors (Lipinski definition) is 0. The minimum absolute atomic E-state index is 0.195. The Labute approximate surface area is 133 Å². The van der Waals surface area contributed by atoms with Gasteiger partial charge in [0.15, 0.2) is 0 Å². The van der Waals surface area contributed by atoms with Crippen molar-refractivity contribution in [1.29, 1.82) is 0 Å². The predicted octanol–water partition coefficient (Wildman–Crippen LogP) is 3.17. The van der Waals surface area contributed by atoms with Gasteiger partial charge in [0.1, 0.15) is 12.3 Å². The van der Waals surface area contributed by atoms with Crippen molar-refractivity contribution in [2.75, 3.05) is 6.61 Å². The normalized spacial score (nSPS) is 21.0. The van der Waals surface area contributed by atoms with E-state index in [-0.39, 0.29) is 25.1 Å². The molecule has 0 N–H and O–H groups in total. The maximum absolute atomic E-state index is 13.0. The van der Waals surface area contributed by atoms with Gasteiger partial charge in [-0.25, -0.2) is 13.5 Å². The first-order valence-electron chi connectivity index (χ1n) is 7.16. The van der Waals surface area contributed by atoms with E-state index in [1.165, 1.54) is 16.9 Å². The van der Waals surface area contributed by atoms with Crippen LogP contribution in [-0.2, 0) is 17.5 Å². The van der Waals surface area contributed by atoms with Gasteiger partial charge in [0.2, 0.25) is 0 Å². The van der Waals surface area contributed by atoms with Gasteiger partial charge in [-0.2, -0.15) is 13.2 Å². The number of rotatable bonds is 3. The highest BCUT2D eigenvalue weighted by Crippen LogP contribution is 2.30. The molecule has 3 heterocycles. The topological polar surface area (TPSA) is 52.8 Å². The Kier molecular flexibility index (Phi) is 4.24. The summed E-state index contributed by atoms with van der Waals surface area (Å²) in [5.74, 6) is -2.80. The fourth-order valence-corrected chi connectivity index (χ4v) is 2.34. The molecule has 0 bridgehead atoms. The fraction of sp³-hybridized carbons (Fsp3) is 0.500. The zero-order chi connectivity index (χ0) is 17.4. The van der Waals surface area contributed by atoms with Crippen LogP contribution in [0.25, 0.3) is 11.4 Å². The van der Waals surface area contributed by atoms with E-state index < -0.39 is 30.4 Å². The van der Waals surface area contributed by atoms with Crippen molar-refractivity contribution < 1.29 is 26.7 Å². The van der Waals surface area contributed by atoms with Crippen LogP contribution >= 0.6 is 0 Å². The first-order chi connectivity index (χ1) is 11.2. The summed E-state index contributed by atoms with van der Waals surface area (Å²) < 4.78 is 70.0. The third-order valence-corrected chi connectivity index (χ3v) is 3.64. The second kappa shape index (κ2) is 6.08. The Hall–Kier alpha value is -2.10. The summed E-state index contributed by atoms with van der Waals surface area (Å²) >= 11 is 0. The third-order valence-electron chi connectivity index (χ3n) is 3.64. The Balaban J connectivity index is 1.65. The first-order valence-corrected chi connectivity index (χ1v) is 7.16. The molecule has 1 atom stereocenters. The number of hydrogen-bond acceptors (Lipinski definition) is 4. The molecule has 0 spiro atoms. The Morgan fingerprint density at radius 2 is 2.04 bits per heavy atom. The van der Waals surface area contributed by atoms with Gasteiger partial charge in [-0.05, 0) is 18.6 Å². The summed E-state index contributed by atoms with van der Waals surface area (Å²) in [6.45, 7) is -0.386. The molecule has 1 aliphatic heterocycles. The lowest BCUT2D eigenvalue weighted by molar-refractivity contribution is -0.147. The van der Waals surface area contributed by atoms with E-state index in [2.05, 4.69) is 15.3 Å². The first kappa shape index (κ1) is 16.7. The molecule has 3 rings (SSSR count). The highest BCUT2D eigenvalue weighted by Gasteiger charge is 2.36. The second-order valence-electron chi connectivity index (χ2n) is 5.58. The monoisotopic (exact) mass is 348 g/mol. The van der Waals surface area contributed by atoms with Gasteiger partial charge in [0.05, 0.1) is 30.1 Å². The van der Waals surface area contributed by atoms with Gasteiger partial charge in [0, 0.05) is 12.6 Å². The van der Waals surface area contributed by atoms with Crippen LogP contribution in [0.3, 0.4) is 0 Å². The highest BCUT2D eigenvalue weighted by molar-refractivity contribution is 5.52. The number of nitrogens with zero attached hydrogens (tertiary/aromatic N) is 4. The molecule has 0 radical (unpaired) electrons. The zero-order valence-electron chi connectivity index (χ0n) is 12.3. The van der Waals surface area contributed by atoms with E-state index in [1.54, 1.807) is 0 Å². The zero-order valence-corrected chi connectivity index (χ0v) is 12.3. The summed E-state index contributed by atoms with van der Waals surface area (Å²) in [6.07, 6.45) is -2.70. The molecule has 1 saturated heterocycles. The predicted molar refractivity (Wildman–Crippen MR) is 72.2 cm³/mol. The Bertz CT molecular complexity index is 688. The molecule has 24 heavy (non-hydrogen) atoms. The van der Waals surface area contributed by atoms with E-state index in [9.17, 15) is 22.0 Å². The molecule has 130 valence electrons. The van der Waals surface area contributed by atoms with E-state index in [0.717, 1.165) is 12.3 Å². The van der Waals surface area contributed by atoms with Gasteiger partial charge in [0.25, 0.3) is 5.92 Å². The highest BCUT2D eigenvalue weighted by atomic mass is 19.4. The van der Waals surface area contributed by atoms with Crippen molar-refractivity contribution >= 4 is 0 Å². The SMILES string of the molecule is FC1(F)CCC(Cn2cc(-c3ccc(C(F)(F)F)cn3)nn2)OC1. The molecule has 0 saturated carbocycles. The van der Waals surface area contributed by atoms with Crippen LogP contribution in [0.1, 0.15) is 18.4 Å². The molecule has 10 heteroatoms. The molecule has 2 aromatic rings. The van der Waals surface area contributed by atoms with E-state index in [0.29, 0.717) is 5.69 Å². The molecule has 2 aromatic heterocycles. The van der Waals surface area contributed by atoms with Crippen LogP contribution in [0.5, 0.6) is 0 Å². The lowest BCUT2D eigenvalue weighted by Crippen LogP contribution is -2.36. The lowest BCUT2D eigenvalue weighted by Gasteiger charge is -2.28. The molecule has 1 fully saturated rings. The largest absolute Gasteiger partial charge is 0.417 e. The van der Waals surface area contributed by atoms with Crippen molar-refractivity contribution in [3.63, 3.8) is 0 Å². The van der Waals surface area contributed by atoms with E-state index in [4.69, 9.17) is 4.74 Å². The maximum atomic E-state index is 13.0. The third kappa shape index (κ3) is 3.86. The molecular formula is C14H13F5N4O. The van der Waals surface area contributed by atoms with E-state index in [1.807, 2.05) is 0 Å². The summed E-state index contributed by atoms with van der Waals surface area (Å²) in [5.41, 5.74) is -0.314. The smallest absolute Gasteiger partial charge is 0.370 e. The number of halogens is 5. The molecule has 1 unspecified atom stereocenters. The average molecular weight is 348 g/mol. The van der Waals surface area contributed by atoms with Crippen LogP contribution in [0.2, 0.25) is 0 Å². The van der Waals surface area contributed by atoms with Gasteiger partial charge in [-0.1, -0.05) is 5.21 Å². The lowest BCUT2D eigenvalue weighted by atomic mass is 10.1. The van der Waals surface area contributed by atoms with Crippen molar-refractivity contribution in [3.05, 3.63) is 30.1 Å². The van der Waals surface area contributed by atoms with Crippen LogP contribution in [0.15, 0.2) is 24.5 Å². The van der Waals surface area contributed by atoms with Gasteiger partial charge in [-0.3, -0.25) is 4.98 Å². The minimum Gasteiger partial charge on any atom is -0.370 e. The van der Waals surface area contributed by atoms with Gasteiger partial charge < -0.3 is 4.74 Å². The second-order valence-corrected chi connectivity index (χ2v) is 5.58. The molecule has 0 aliphatic carbocycles. The van der Waals surface area contributed by atoms with Crippen LogP contribution in [0, 0.1) is 0 Å². The summed E-state index contributed by atoms with van der Waals surface area (Å²) in [6, 6.07) is 2.11. The van der Waals surface area contributed by atoms with Crippen molar-refractivity contribution in [2.45, 2.75) is 37.6 Å². The molecule has 5 nitrogen and oxygen atoms in total. The summed E-state index contributed by atoms with van der Waals surface area (Å²) in [4.78, 5) is 3.73. The molecule has 0 amide bonds. The molecule has 1 aliphatic rings. The van der Waals surface area contributed by atoms with Crippen molar-refractivity contribution in [1.82, 2.24) is 20.0 Å². The standard InChI is InChI=1S/C14H13F5N4O/c15-13(16)4-3-10(24-8-13)6-23-7-12(21-22-23)11-2-1-9(5-20-11)14(17,18)19/h1-2,5,7,10H,3-4,6,8H2. The van der Waals surface area contributed by atoms with Crippen molar-refractivity contribution in [3.8, 4) is 11.4 Å². The van der Waals surface area contributed by atoms with Crippen LogP contribution < -0.4 is 0 Å². The van der Waals surface area contributed by atoms with Crippen molar-refractivity contribution in [2.24, 2.45) is 0 Å². The molecular weight excluding hydrogens is 335 g/mol. The number of pyridine rings is 1. The quantitative estimate of drug-likeness (QED) is 0.800. The summed E-state index contributed by atoms with van der Waals surface area (Å²) in [5, 5.41) is 7.67. The number of alkyl halides is 5.